The van der Waals surface area contributed by atoms with Crippen LogP contribution in [0.4, 0.5) is 18.9 Å². The lowest BCUT2D eigenvalue weighted by Crippen LogP contribution is -2.57. The molecule has 2 N–H and O–H groups in total. The number of amides is 1. The second kappa shape index (κ2) is 12.2. The monoisotopic (exact) mass is 484 g/mol. The Morgan fingerprint density at radius 3 is 2.56 bits per heavy atom. The van der Waals surface area contributed by atoms with E-state index in [1.165, 1.54) is 12.1 Å². The van der Waals surface area contributed by atoms with Crippen molar-refractivity contribution in [2.45, 2.75) is 45.3 Å². The maximum absolute atomic E-state index is 13.1. The van der Waals surface area contributed by atoms with E-state index in [0.29, 0.717) is 43.1 Å². The van der Waals surface area contributed by atoms with Crippen LogP contribution in [0, 0.1) is 11.8 Å². The predicted octanol–water partition coefficient (Wildman–Crippen LogP) is 3.06. The first-order valence-corrected chi connectivity index (χ1v) is 12.4. The van der Waals surface area contributed by atoms with Crippen molar-refractivity contribution in [3.05, 3.63) is 29.8 Å². The number of carbonyl (C=O) groups is 1. The average molecular weight is 485 g/mol. The number of halogens is 3. The lowest BCUT2D eigenvalue weighted by atomic mass is 9.86. The van der Waals surface area contributed by atoms with Gasteiger partial charge in [0, 0.05) is 64.0 Å². The molecule has 192 valence electrons. The largest absolute Gasteiger partial charge is 0.416 e. The number of anilines is 1. The molecular formula is C25H39F3N4O2. The summed E-state index contributed by atoms with van der Waals surface area (Å²) in [5.41, 5.74) is 0.0165. The highest BCUT2D eigenvalue weighted by atomic mass is 19.4. The van der Waals surface area contributed by atoms with Gasteiger partial charge in [-0.1, -0.05) is 19.9 Å². The Hall–Kier alpha value is -1.84. The molecule has 0 aromatic heterocycles. The third-order valence-corrected chi connectivity index (χ3v) is 6.90. The van der Waals surface area contributed by atoms with E-state index in [2.05, 4.69) is 29.0 Å². The Morgan fingerprint density at radius 1 is 1.18 bits per heavy atom. The van der Waals surface area contributed by atoms with Crippen LogP contribution in [0.2, 0.25) is 0 Å². The van der Waals surface area contributed by atoms with Gasteiger partial charge in [-0.25, -0.2) is 0 Å². The maximum Gasteiger partial charge on any atom is 0.416 e. The molecule has 0 radical (unpaired) electrons. The van der Waals surface area contributed by atoms with Crippen LogP contribution in [0.15, 0.2) is 24.3 Å². The second-order valence-corrected chi connectivity index (χ2v) is 9.95. The molecule has 1 amide bonds. The molecule has 0 bridgehead atoms. The number of aliphatic hydroxyl groups excluding tert-OH is 1. The molecule has 1 aromatic rings. The molecule has 2 atom stereocenters. The molecule has 6 nitrogen and oxygen atoms in total. The second-order valence-electron chi connectivity index (χ2n) is 9.95. The fourth-order valence-electron chi connectivity index (χ4n) is 5.33. The highest BCUT2D eigenvalue weighted by molar-refractivity contribution is 5.75. The van der Waals surface area contributed by atoms with Crippen LogP contribution >= 0.6 is 0 Å². The van der Waals surface area contributed by atoms with Crippen LogP contribution in [-0.4, -0.2) is 85.8 Å². The molecule has 0 unspecified atom stereocenters. The summed E-state index contributed by atoms with van der Waals surface area (Å²) in [6, 6.07) is 5.97. The van der Waals surface area contributed by atoms with E-state index >= 15 is 0 Å². The molecule has 2 saturated heterocycles. The molecular weight excluding hydrogens is 445 g/mol. The summed E-state index contributed by atoms with van der Waals surface area (Å²) in [5, 5.41) is 11.7. The van der Waals surface area contributed by atoms with E-state index in [9.17, 15) is 18.0 Å². The number of benzene rings is 1. The van der Waals surface area contributed by atoms with Gasteiger partial charge < -0.3 is 20.2 Å². The molecule has 2 aliphatic heterocycles. The summed E-state index contributed by atoms with van der Waals surface area (Å²) in [4.78, 5) is 19.2. The van der Waals surface area contributed by atoms with Crippen molar-refractivity contribution in [1.82, 2.24) is 15.1 Å². The fourth-order valence-corrected chi connectivity index (χ4v) is 5.33. The number of hydrogen-bond donors (Lipinski definition) is 2. The van der Waals surface area contributed by atoms with Crippen molar-refractivity contribution < 1.29 is 23.1 Å². The summed E-state index contributed by atoms with van der Waals surface area (Å²) < 4.78 is 39.4. The van der Waals surface area contributed by atoms with Gasteiger partial charge in [0.25, 0.3) is 0 Å². The van der Waals surface area contributed by atoms with Crippen LogP contribution in [-0.2, 0) is 11.0 Å². The Kier molecular flexibility index (Phi) is 9.62. The lowest BCUT2D eigenvalue weighted by Gasteiger charge is -2.47. The minimum absolute atomic E-state index is 0.0249. The Bertz CT molecular complexity index is 782. The normalized spacial score (nSPS) is 22.9. The quantitative estimate of drug-likeness (QED) is 0.564. The summed E-state index contributed by atoms with van der Waals surface area (Å²) in [5.74, 6) is 0.927. The molecule has 2 fully saturated rings. The van der Waals surface area contributed by atoms with Gasteiger partial charge in [0.15, 0.2) is 0 Å². The van der Waals surface area contributed by atoms with E-state index in [1.807, 2.05) is 4.90 Å². The van der Waals surface area contributed by atoms with Gasteiger partial charge in [0.05, 0.1) is 12.2 Å². The molecule has 9 heteroatoms. The number of nitrogens with zero attached hydrogens (tertiary/aromatic N) is 3. The van der Waals surface area contributed by atoms with E-state index < -0.39 is 11.7 Å². The van der Waals surface area contributed by atoms with Gasteiger partial charge in [0.1, 0.15) is 0 Å². The summed E-state index contributed by atoms with van der Waals surface area (Å²) >= 11 is 0. The average Bonchev–Trinajstić information content (AvgIpc) is 2.81. The number of piperazine rings is 1. The number of likely N-dealkylation sites (tertiary alicyclic amines) is 1. The van der Waals surface area contributed by atoms with Crippen LogP contribution < -0.4 is 10.2 Å². The minimum Gasteiger partial charge on any atom is -0.395 e. The number of alkyl halides is 3. The first-order valence-electron chi connectivity index (χ1n) is 12.4. The molecule has 1 aromatic carbocycles. The van der Waals surface area contributed by atoms with Crippen LogP contribution in [0.25, 0.3) is 0 Å². The molecule has 0 spiro atoms. The van der Waals surface area contributed by atoms with Gasteiger partial charge in [-0.05, 0) is 49.4 Å². The number of carbonyl (C=O) groups excluding carboxylic acids is 1. The molecule has 34 heavy (non-hydrogen) atoms. The summed E-state index contributed by atoms with van der Waals surface area (Å²) in [7, 11) is 0. The van der Waals surface area contributed by atoms with E-state index in [1.54, 1.807) is 6.07 Å². The lowest BCUT2D eigenvalue weighted by molar-refractivity contribution is -0.137. The van der Waals surface area contributed by atoms with Crippen LogP contribution in [0.5, 0.6) is 0 Å². The SMILES string of the molecule is CC(C)CN1CC[C@H](N2CCN(c3cccc(C(F)(F)F)c3)CC2)[C@H](CCC(=O)NCCO)C1. The zero-order valence-corrected chi connectivity index (χ0v) is 20.4. The van der Waals surface area contributed by atoms with Crippen molar-refractivity contribution in [2.24, 2.45) is 11.8 Å². The first-order chi connectivity index (χ1) is 16.2. The third kappa shape index (κ3) is 7.58. The minimum atomic E-state index is -4.33. The standard InChI is InChI=1S/C25H39F3N4O2/c1-19(2)17-30-10-8-23(20(18-30)6-7-24(34)29-9-15-33)32-13-11-31(12-14-32)22-5-3-4-21(16-22)25(26,27)28/h3-5,16,19-20,23,33H,6-15,17-18H2,1-2H3,(H,29,34)/t20-,23+/m1/s1. The number of rotatable bonds is 9. The summed E-state index contributed by atoms with van der Waals surface area (Å²) in [6.07, 6.45) is -2.05. The van der Waals surface area contributed by atoms with Crippen molar-refractivity contribution >= 4 is 11.6 Å². The molecule has 2 aliphatic rings. The number of piperidine rings is 1. The van der Waals surface area contributed by atoms with Crippen LogP contribution in [0.3, 0.4) is 0 Å². The van der Waals surface area contributed by atoms with Gasteiger partial charge in [-0.3, -0.25) is 9.69 Å². The predicted molar refractivity (Wildman–Crippen MR) is 128 cm³/mol. The Morgan fingerprint density at radius 2 is 1.91 bits per heavy atom. The van der Waals surface area contributed by atoms with Gasteiger partial charge in [-0.2, -0.15) is 13.2 Å². The highest BCUT2D eigenvalue weighted by Crippen LogP contribution is 2.33. The fraction of sp³-hybridized carbons (Fsp3) is 0.720. The van der Waals surface area contributed by atoms with Crippen LogP contribution in [0.1, 0.15) is 38.7 Å². The molecule has 2 heterocycles. The van der Waals surface area contributed by atoms with Gasteiger partial charge in [0.2, 0.25) is 5.91 Å². The number of hydrogen-bond acceptors (Lipinski definition) is 5. The van der Waals surface area contributed by atoms with Crippen molar-refractivity contribution in [3.63, 3.8) is 0 Å². The highest BCUT2D eigenvalue weighted by Gasteiger charge is 2.35. The smallest absolute Gasteiger partial charge is 0.395 e. The van der Waals surface area contributed by atoms with E-state index in [0.717, 1.165) is 51.6 Å². The summed E-state index contributed by atoms with van der Waals surface area (Å²) in [6.45, 7) is 10.7. The Labute approximate surface area is 201 Å². The van der Waals surface area contributed by atoms with Gasteiger partial charge in [-0.15, -0.1) is 0 Å². The zero-order valence-electron chi connectivity index (χ0n) is 20.4. The van der Waals surface area contributed by atoms with Gasteiger partial charge >= 0.3 is 6.18 Å². The molecule has 0 aliphatic carbocycles. The van der Waals surface area contributed by atoms with Crippen molar-refractivity contribution in [1.29, 1.82) is 0 Å². The van der Waals surface area contributed by atoms with E-state index in [-0.39, 0.29) is 19.1 Å². The van der Waals surface area contributed by atoms with Crippen molar-refractivity contribution in [3.8, 4) is 0 Å². The number of aliphatic hydroxyl groups is 1. The molecule has 3 rings (SSSR count). The Balaban J connectivity index is 1.61. The maximum atomic E-state index is 13.1. The molecule has 0 saturated carbocycles. The topological polar surface area (TPSA) is 59.0 Å². The third-order valence-electron chi connectivity index (χ3n) is 6.90. The first kappa shape index (κ1) is 26.8. The van der Waals surface area contributed by atoms with E-state index in [4.69, 9.17) is 5.11 Å². The zero-order chi connectivity index (χ0) is 24.7. The van der Waals surface area contributed by atoms with Crippen molar-refractivity contribution in [2.75, 3.05) is 63.9 Å². The number of nitrogens with one attached hydrogen (secondary N) is 1.